The SMILES string of the molecule is c1ccc(-c2nc(-c3ccccc3)nc(-c3ccc(-n4c5ccccc5c5c4ccc4c6ccccc6n(-c6ccccc6)c45)cc3)n2)cc1.c1ccc(-c2nc(-c3ccccc3)nc(-c3ccc(-n4c5ccccc5c5cc6c7ccccc7n(-c7ccccc7)c6cc54)cc3)n2)cc1.c1ccc(-c2nc(-c3ccccc3)nc(-c3ccc(-n4c5ccccc5c5ccc6c(c7ccccc7n6-c6ccccc6)c54)cc3)n2)cc1. The van der Waals surface area contributed by atoms with Crippen molar-refractivity contribution < 1.29 is 0 Å². The molecule has 0 fully saturated rings. The molecule has 0 aliphatic heterocycles. The van der Waals surface area contributed by atoms with Crippen LogP contribution in [-0.2, 0) is 0 Å². The Labute approximate surface area is 861 Å². The van der Waals surface area contributed by atoms with E-state index in [0.717, 1.165) is 112 Å². The first kappa shape index (κ1) is 87.3. The zero-order chi connectivity index (χ0) is 99.1. The molecule has 15 nitrogen and oxygen atoms in total. The quantitative estimate of drug-likeness (QED) is 0.0979. The maximum absolute atomic E-state index is 4.97. The maximum atomic E-state index is 4.97. The summed E-state index contributed by atoms with van der Waals surface area (Å²) in [6.07, 6.45) is 0. The third-order valence-electron chi connectivity index (χ3n) is 28.7. The number of hydrogen-bond donors (Lipinski definition) is 0. The summed E-state index contributed by atoms with van der Waals surface area (Å²) in [5, 5.41) is 14.8. The van der Waals surface area contributed by atoms with E-state index in [4.69, 9.17) is 44.9 Å². The van der Waals surface area contributed by atoms with E-state index in [1.165, 1.54) is 103 Å². The van der Waals surface area contributed by atoms with Crippen LogP contribution in [0.2, 0.25) is 0 Å². The molecule has 0 spiro atoms. The number of para-hydroxylation sites is 9. The Kier molecular flexibility index (Phi) is 21.5. The van der Waals surface area contributed by atoms with Gasteiger partial charge in [0.2, 0.25) is 0 Å². The molecule has 702 valence electrons. The number of hydrogen-bond acceptors (Lipinski definition) is 9. The van der Waals surface area contributed by atoms with Crippen LogP contribution in [0, 0.1) is 0 Å². The molecular weight excluding hydrogens is 1830 g/mol. The zero-order valence-corrected chi connectivity index (χ0v) is 80.9. The second-order valence-corrected chi connectivity index (χ2v) is 37.5. The lowest BCUT2D eigenvalue weighted by molar-refractivity contribution is 1.07. The summed E-state index contributed by atoms with van der Waals surface area (Å²) in [6, 6.07) is 184. The molecule has 150 heavy (non-hydrogen) atoms. The van der Waals surface area contributed by atoms with Crippen LogP contribution in [-0.4, -0.2) is 72.3 Å². The van der Waals surface area contributed by atoms with E-state index in [2.05, 4.69) is 373 Å². The van der Waals surface area contributed by atoms with Gasteiger partial charge in [-0.1, -0.05) is 358 Å². The van der Waals surface area contributed by atoms with Crippen molar-refractivity contribution in [2.24, 2.45) is 0 Å². The van der Waals surface area contributed by atoms with Crippen LogP contribution in [0.4, 0.5) is 0 Å². The summed E-state index contributed by atoms with van der Waals surface area (Å²) < 4.78 is 14.3. The van der Waals surface area contributed by atoms with E-state index in [-0.39, 0.29) is 0 Å². The molecule has 0 saturated carbocycles. The van der Waals surface area contributed by atoms with Crippen molar-refractivity contribution >= 4 is 131 Å². The Morgan fingerprint density at radius 1 is 0.107 bits per heavy atom. The Morgan fingerprint density at radius 3 is 0.547 bits per heavy atom. The number of nitrogens with zero attached hydrogens (tertiary/aromatic N) is 15. The first-order valence-electron chi connectivity index (χ1n) is 50.4. The van der Waals surface area contributed by atoms with E-state index < -0.39 is 0 Å². The van der Waals surface area contributed by atoms with Crippen molar-refractivity contribution in [1.29, 1.82) is 0 Å². The second-order valence-electron chi connectivity index (χ2n) is 37.5. The van der Waals surface area contributed by atoms with Gasteiger partial charge >= 0.3 is 0 Å². The molecule has 30 aromatic rings. The van der Waals surface area contributed by atoms with Crippen LogP contribution in [0.3, 0.4) is 0 Å². The summed E-state index contributed by atoms with van der Waals surface area (Å²) >= 11 is 0. The molecule has 30 rings (SSSR count). The summed E-state index contributed by atoms with van der Waals surface area (Å²) in [5.74, 6) is 5.83. The van der Waals surface area contributed by atoms with Gasteiger partial charge < -0.3 is 27.4 Å². The Balaban J connectivity index is 0.000000108. The monoisotopic (exact) mass is 1920 g/mol. The predicted octanol–water partition coefficient (Wildman–Crippen LogP) is 33.2. The molecule has 9 heterocycles. The predicted molar refractivity (Wildman–Crippen MR) is 614 cm³/mol. The van der Waals surface area contributed by atoms with E-state index in [1.807, 2.05) is 182 Å². The Bertz CT molecular complexity index is 9990. The number of rotatable bonds is 15. The highest BCUT2D eigenvalue weighted by molar-refractivity contribution is 6.28. The van der Waals surface area contributed by atoms with Gasteiger partial charge in [0.25, 0.3) is 0 Å². The third kappa shape index (κ3) is 15.3. The molecule has 0 aliphatic carbocycles. The number of fused-ring (bicyclic) bond motifs is 20. The topological polar surface area (TPSA) is 146 Å². The Hall–Kier alpha value is -20.6. The molecule has 0 bridgehead atoms. The van der Waals surface area contributed by atoms with Crippen molar-refractivity contribution in [3.63, 3.8) is 0 Å². The van der Waals surface area contributed by atoms with Crippen molar-refractivity contribution in [2.75, 3.05) is 0 Å². The van der Waals surface area contributed by atoms with Crippen LogP contribution in [0.25, 0.3) is 267 Å². The third-order valence-corrected chi connectivity index (χ3v) is 28.7. The standard InChI is InChI=1S/3C45H29N5/c1-4-14-30(15-5-1)43-46-44(31-16-6-2-7-17-31)48-45(47-43)32-24-26-34(27-25-32)50-40-23-13-11-21-36(40)38-28-37-35-20-10-12-22-39(35)49(41(37)29-42(38)50)33-18-8-3-9-19-33;1-4-14-30(15-5-1)43-46-44(31-16-6-2-7-17-31)48-45(47-43)32-24-26-34(27-25-32)49-39-23-13-11-21-37(39)41-40(49)29-28-36-35-20-10-12-22-38(35)50(42(36)41)33-18-8-3-9-19-33;1-4-14-30(15-5-1)43-46-44(31-16-6-2-7-17-31)48-45(47-43)32-24-26-34(27-25-32)50-38-22-12-10-20-35(38)36-28-29-40-41(42(36)50)37-21-11-13-23-39(37)49(40)33-18-8-3-9-19-33/h3*1-29H. The molecular formula is C135H87N15. The minimum absolute atomic E-state index is 0.639. The summed E-state index contributed by atoms with van der Waals surface area (Å²) in [5.41, 5.74) is 29.3. The van der Waals surface area contributed by atoms with Crippen molar-refractivity contribution in [3.05, 3.63) is 528 Å². The highest BCUT2D eigenvalue weighted by Crippen LogP contribution is 2.48. The van der Waals surface area contributed by atoms with Crippen LogP contribution in [0.15, 0.2) is 528 Å². The number of aromatic nitrogens is 15. The molecule has 0 radical (unpaired) electrons. The molecule has 0 unspecified atom stereocenters. The average molecular weight is 1920 g/mol. The van der Waals surface area contributed by atoms with E-state index in [0.29, 0.717) is 52.4 Å². The van der Waals surface area contributed by atoms with E-state index >= 15 is 0 Å². The van der Waals surface area contributed by atoms with Gasteiger partial charge in [-0.05, 0) is 170 Å². The minimum atomic E-state index is 0.639. The van der Waals surface area contributed by atoms with Crippen LogP contribution in [0.1, 0.15) is 0 Å². The van der Waals surface area contributed by atoms with Gasteiger partial charge in [0, 0.05) is 149 Å². The van der Waals surface area contributed by atoms with Gasteiger partial charge in [0.1, 0.15) is 0 Å². The highest BCUT2D eigenvalue weighted by atomic mass is 15.1. The fourth-order valence-corrected chi connectivity index (χ4v) is 21.9. The van der Waals surface area contributed by atoms with Gasteiger partial charge in [-0.3, -0.25) is 0 Å². The molecule has 0 saturated heterocycles. The van der Waals surface area contributed by atoms with Crippen LogP contribution < -0.4 is 0 Å². The molecule has 21 aromatic carbocycles. The van der Waals surface area contributed by atoms with Gasteiger partial charge in [0.05, 0.1) is 66.2 Å². The fourth-order valence-electron chi connectivity index (χ4n) is 21.9. The van der Waals surface area contributed by atoms with Crippen molar-refractivity contribution in [2.45, 2.75) is 0 Å². The van der Waals surface area contributed by atoms with Gasteiger partial charge in [0.15, 0.2) is 52.4 Å². The molecule has 0 amide bonds. The van der Waals surface area contributed by atoms with E-state index in [9.17, 15) is 0 Å². The van der Waals surface area contributed by atoms with Crippen LogP contribution >= 0.6 is 0 Å². The maximum Gasteiger partial charge on any atom is 0.164 e. The van der Waals surface area contributed by atoms with E-state index in [1.54, 1.807) is 0 Å². The minimum Gasteiger partial charge on any atom is -0.309 e. The number of benzene rings is 21. The van der Waals surface area contributed by atoms with Crippen molar-refractivity contribution in [3.8, 4) is 137 Å². The first-order valence-corrected chi connectivity index (χ1v) is 50.4. The summed E-state index contributed by atoms with van der Waals surface area (Å²) in [7, 11) is 0. The highest BCUT2D eigenvalue weighted by Gasteiger charge is 2.27. The average Bonchev–Trinajstić information content (AvgIpc) is 1.54. The van der Waals surface area contributed by atoms with Gasteiger partial charge in [-0.25, -0.2) is 44.9 Å². The molecule has 15 heteroatoms. The lowest BCUT2D eigenvalue weighted by atomic mass is 10.1. The second kappa shape index (κ2) is 37.0. The fraction of sp³-hybridized carbons (Fsp3) is 0. The molecule has 0 aliphatic rings. The zero-order valence-electron chi connectivity index (χ0n) is 80.9. The molecule has 0 atom stereocenters. The first-order chi connectivity index (χ1) is 74.4. The molecule has 9 aromatic heterocycles. The molecule has 0 N–H and O–H groups in total. The van der Waals surface area contributed by atoms with Gasteiger partial charge in [-0.2, -0.15) is 0 Å². The normalized spacial score (nSPS) is 11.6. The van der Waals surface area contributed by atoms with Crippen molar-refractivity contribution in [1.82, 2.24) is 72.3 Å². The lowest BCUT2D eigenvalue weighted by Gasteiger charge is -2.11. The van der Waals surface area contributed by atoms with Crippen LogP contribution in [0.5, 0.6) is 0 Å². The lowest BCUT2D eigenvalue weighted by Crippen LogP contribution is -2.00. The largest absolute Gasteiger partial charge is 0.309 e. The Morgan fingerprint density at radius 2 is 0.287 bits per heavy atom. The summed E-state index contributed by atoms with van der Waals surface area (Å²) in [4.78, 5) is 44.4. The van der Waals surface area contributed by atoms with Gasteiger partial charge in [-0.15, -0.1) is 0 Å². The smallest absolute Gasteiger partial charge is 0.164 e. The summed E-state index contributed by atoms with van der Waals surface area (Å²) in [6.45, 7) is 0.